The molecule has 7 heteroatoms. The van der Waals surface area contributed by atoms with Gasteiger partial charge in [0.25, 0.3) is 0 Å². The molecule has 1 aliphatic rings. The van der Waals surface area contributed by atoms with Crippen molar-refractivity contribution in [3.63, 3.8) is 0 Å². The summed E-state index contributed by atoms with van der Waals surface area (Å²) >= 11 is 4.58. The van der Waals surface area contributed by atoms with Gasteiger partial charge in [-0.3, -0.25) is 9.59 Å². The van der Waals surface area contributed by atoms with Crippen molar-refractivity contribution in [2.75, 3.05) is 26.3 Å². The summed E-state index contributed by atoms with van der Waals surface area (Å²) in [5, 5.41) is 4.86. The summed E-state index contributed by atoms with van der Waals surface area (Å²) in [6.07, 6.45) is 1.85. The van der Waals surface area contributed by atoms with Crippen LogP contribution in [0.3, 0.4) is 0 Å². The largest absolute Gasteiger partial charge is 0.392 e. The third-order valence-electron chi connectivity index (χ3n) is 2.49. The summed E-state index contributed by atoms with van der Waals surface area (Å²) in [7, 11) is 0. The third kappa shape index (κ3) is 5.60. The third-order valence-corrected chi connectivity index (χ3v) is 2.64. The monoisotopic (exact) mass is 259 g/mol. The maximum Gasteiger partial charge on any atom is 0.309 e. The molecule has 0 radical (unpaired) electrons. The molecule has 1 fully saturated rings. The molecule has 1 heterocycles. The van der Waals surface area contributed by atoms with Gasteiger partial charge in [0.05, 0.1) is 11.5 Å². The van der Waals surface area contributed by atoms with Gasteiger partial charge in [0.15, 0.2) is 0 Å². The summed E-state index contributed by atoms with van der Waals surface area (Å²) in [6.45, 7) is 2.04. The Morgan fingerprint density at radius 1 is 1.35 bits per heavy atom. The zero-order chi connectivity index (χ0) is 12.7. The van der Waals surface area contributed by atoms with E-state index in [2.05, 4.69) is 22.9 Å². The fourth-order valence-corrected chi connectivity index (χ4v) is 1.60. The van der Waals surface area contributed by atoms with Gasteiger partial charge in [0, 0.05) is 19.8 Å². The minimum Gasteiger partial charge on any atom is -0.392 e. The second-order valence-corrected chi connectivity index (χ2v) is 4.45. The van der Waals surface area contributed by atoms with E-state index in [0.717, 1.165) is 26.1 Å². The van der Waals surface area contributed by atoms with Crippen molar-refractivity contribution in [2.45, 2.75) is 12.8 Å². The molecule has 17 heavy (non-hydrogen) atoms. The summed E-state index contributed by atoms with van der Waals surface area (Å²) in [5.74, 6) is -0.879. The number of nitrogens with two attached hydrogens (primary N) is 1. The fraction of sp³-hybridized carbons (Fsp3) is 0.700. The summed E-state index contributed by atoms with van der Waals surface area (Å²) in [4.78, 5) is 22.6. The molecule has 0 aromatic carbocycles. The Hall–Kier alpha value is -1.21. The van der Waals surface area contributed by atoms with Gasteiger partial charge >= 0.3 is 11.8 Å². The van der Waals surface area contributed by atoms with E-state index in [-0.39, 0.29) is 11.5 Å². The number of carbonyl (C=O) groups is 2. The Labute approximate surface area is 105 Å². The van der Waals surface area contributed by atoms with E-state index in [4.69, 9.17) is 10.5 Å². The molecule has 0 aromatic heterocycles. The SMILES string of the molecule is NC(=S)CNC(=O)C(=O)NCCC1CCOC1. The molecule has 0 saturated carbocycles. The van der Waals surface area contributed by atoms with Crippen LogP contribution in [0.2, 0.25) is 0 Å². The molecule has 6 nitrogen and oxygen atoms in total. The van der Waals surface area contributed by atoms with Gasteiger partial charge < -0.3 is 21.1 Å². The van der Waals surface area contributed by atoms with Crippen LogP contribution in [0.25, 0.3) is 0 Å². The van der Waals surface area contributed by atoms with Crippen molar-refractivity contribution >= 4 is 29.0 Å². The lowest BCUT2D eigenvalue weighted by molar-refractivity contribution is -0.139. The number of ether oxygens (including phenoxy) is 1. The molecule has 2 amide bonds. The van der Waals surface area contributed by atoms with Crippen molar-refractivity contribution < 1.29 is 14.3 Å². The summed E-state index contributed by atoms with van der Waals surface area (Å²) < 4.78 is 5.21. The van der Waals surface area contributed by atoms with Crippen LogP contribution in [-0.4, -0.2) is 43.1 Å². The second-order valence-electron chi connectivity index (χ2n) is 3.92. The Bertz CT molecular complexity index is 303. The summed E-state index contributed by atoms with van der Waals surface area (Å²) in [6, 6.07) is 0. The molecular formula is C10H17N3O3S. The first-order valence-corrected chi connectivity index (χ1v) is 5.92. The van der Waals surface area contributed by atoms with Gasteiger partial charge in [-0.15, -0.1) is 0 Å². The highest BCUT2D eigenvalue weighted by atomic mass is 32.1. The van der Waals surface area contributed by atoms with Gasteiger partial charge in [0.2, 0.25) is 0 Å². The highest BCUT2D eigenvalue weighted by Crippen LogP contribution is 2.14. The second kappa shape index (κ2) is 7.18. The number of amides is 2. The van der Waals surface area contributed by atoms with E-state index in [0.29, 0.717) is 12.5 Å². The standard InChI is InChI=1S/C10H17N3O3S/c11-8(17)5-13-10(15)9(14)12-3-1-7-2-4-16-6-7/h7H,1-6H2,(H2,11,17)(H,12,14)(H,13,15). The smallest absolute Gasteiger partial charge is 0.309 e. The Morgan fingerprint density at radius 2 is 2.06 bits per heavy atom. The average Bonchev–Trinajstić information content (AvgIpc) is 2.78. The first-order valence-electron chi connectivity index (χ1n) is 5.51. The minimum atomic E-state index is -0.708. The van der Waals surface area contributed by atoms with Crippen molar-refractivity contribution in [1.29, 1.82) is 0 Å². The van der Waals surface area contributed by atoms with E-state index in [1.54, 1.807) is 0 Å². The van der Waals surface area contributed by atoms with Crippen LogP contribution in [-0.2, 0) is 14.3 Å². The van der Waals surface area contributed by atoms with Crippen LogP contribution in [0.15, 0.2) is 0 Å². The lowest BCUT2D eigenvalue weighted by Crippen LogP contribution is -2.43. The molecule has 4 N–H and O–H groups in total. The van der Waals surface area contributed by atoms with Crippen molar-refractivity contribution in [3.8, 4) is 0 Å². The van der Waals surface area contributed by atoms with E-state index in [9.17, 15) is 9.59 Å². The zero-order valence-corrected chi connectivity index (χ0v) is 10.3. The number of hydrogen-bond acceptors (Lipinski definition) is 4. The number of rotatable bonds is 5. The fourth-order valence-electron chi connectivity index (χ4n) is 1.53. The van der Waals surface area contributed by atoms with Gasteiger partial charge in [-0.05, 0) is 18.8 Å². The highest BCUT2D eigenvalue weighted by Gasteiger charge is 2.17. The van der Waals surface area contributed by atoms with Crippen LogP contribution in [0.1, 0.15) is 12.8 Å². The maximum absolute atomic E-state index is 11.3. The molecule has 1 aliphatic heterocycles. The Balaban J connectivity index is 2.10. The lowest BCUT2D eigenvalue weighted by Gasteiger charge is -2.08. The summed E-state index contributed by atoms with van der Waals surface area (Å²) in [5.41, 5.74) is 5.19. The maximum atomic E-state index is 11.3. The lowest BCUT2D eigenvalue weighted by atomic mass is 10.1. The predicted molar refractivity (Wildman–Crippen MR) is 66.3 cm³/mol. The van der Waals surface area contributed by atoms with E-state index in [1.807, 2.05) is 0 Å². The van der Waals surface area contributed by atoms with Crippen LogP contribution in [0.5, 0.6) is 0 Å². The molecule has 96 valence electrons. The van der Waals surface area contributed by atoms with Gasteiger partial charge in [-0.1, -0.05) is 12.2 Å². The number of hydrogen-bond donors (Lipinski definition) is 3. The first-order chi connectivity index (χ1) is 8.09. The minimum absolute atomic E-state index is 0.0397. The number of carbonyl (C=O) groups excluding carboxylic acids is 2. The van der Waals surface area contributed by atoms with Crippen molar-refractivity contribution in [1.82, 2.24) is 10.6 Å². The molecule has 0 aliphatic carbocycles. The number of thiocarbonyl (C=S) groups is 1. The highest BCUT2D eigenvalue weighted by molar-refractivity contribution is 7.80. The quantitative estimate of drug-likeness (QED) is 0.432. The van der Waals surface area contributed by atoms with Crippen LogP contribution in [0.4, 0.5) is 0 Å². The molecular weight excluding hydrogens is 242 g/mol. The number of nitrogens with one attached hydrogen (secondary N) is 2. The van der Waals surface area contributed by atoms with Gasteiger partial charge in [-0.2, -0.15) is 0 Å². The normalized spacial score (nSPS) is 18.7. The van der Waals surface area contributed by atoms with E-state index >= 15 is 0 Å². The van der Waals surface area contributed by atoms with E-state index < -0.39 is 11.8 Å². The molecule has 1 rings (SSSR count). The van der Waals surface area contributed by atoms with Crippen molar-refractivity contribution in [2.24, 2.45) is 11.7 Å². The Kier molecular flexibility index (Phi) is 5.85. The molecule has 0 bridgehead atoms. The van der Waals surface area contributed by atoms with Gasteiger partial charge in [0.1, 0.15) is 0 Å². The molecule has 0 spiro atoms. The van der Waals surface area contributed by atoms with Crippen LogP contribution in [0, 0.1) is 5.92 Å². The van der Waals surface area contributed by atoms with E-state index in [1.165, 1.54) is 0 Å². The van der Waals surface area contributed by atoms with Crippen molar-refractivity contribution in [3.05, 3.63) is 0 Å². The molecule has 0 aromatic rings. The molecule has 1 saturated heterocycles. The predicted octanol–water partition coefficient (Wildman–Crippen LogP) is -1.07. The average molecular weight is 259 g/mol. The molecule has 1 atom stereocenters. The molecule has 1 unspecified atom stereocenters. The van der Waals surface area contributed by atoms with Gasteiger partial charge in [-0.25, -0.2) is 0 Å². The zero-order valence-electron chi connectivity index (χ0n) is 9.53. The van der Waals surface area contributed by atoms with Crippen LogP contribution < -0.4 is 16.4 Å². The van der Waals surface area contributed by atoms with Crippen LogP contribution >= 0.6 is 12.2 Å². The Morgan fingerprint density at radius 3 is 2.65 bits per heavy atom. The first kappa shape index (κ1) is 13.9. The topological polar surface area (TPSA) is 93.5 Å².